The Morgan fingerprint density at radius 2 is 2.00 bits per heavy atom. The maximum atomic E-state index is 13.3. The van der Waals surface area contributed by atoms with Crippen LogP contribution in [0, 0.1) is 0 Å². The minimum Gasteiger partial charge on any atom is -0.462 e. The number of hydrogen-bond donors (Lipinski definition) is 0. The van der Waals surface area contributed by atoms with E-state index in [0.29, 0.717) is 5.84 Å². The average Bonchev–Trinajstić information content (AvgIpc) is 2.91. The average molecular weight is 350 g/mol. The molecule has 1 fully saturated rings. The van der Waals surface area contributed by atoms with E-state index in [1.807, 2.05) is 0 Å². The van der Waals surface area contributed by atoms with Crippen molar-refractivity contribution in [2.45, 2.75) is 56.5 Å². The number of amidine groups is 1. The summed E-state index contributed by atoms with van der Waals surface area (Å²) in [5.41, 5.74) is 0.0754. The van der Waals surface area contributed by atoms with Gasteiger partial charge in [0.1, 0.15) is 10.7 Å². The van der Waals surface area contributed by atoms with Crippen LogP contribution in [0.4, 0.5) is 0 Å². The molecule has 6 nitrogen and oxygen atoms in total. The molecular weight excluding hydrogens is 328 g/mol. The van der Waals surface area contributed by atoms with Gasteiger partial charge in [0.2, 0.25) is 0 Å². The lowest BCUT2D eigenvalue weighted by molar-refractivity contribution is 0.0521. The van der Waals surface area contributed by atoms with Crippen molar-refractivity contribution in [2.75, 3.05) is 6.61 Å². The first-order valence-electron chi connectivity index (χ1n) is 8.31. The molecule has 24 heavy (non-hydrogen) atoms. The van der Waals surface area contributed by atoms with Gasteiger partial charge < -0.3 is 4.74 Å². The molecule has 0 radical (unpaired) electrons. The number of rotatable bonds is 4. The zero-order valence-electron chi connectivity index (χ0n) is 13.9. The Morgan fingerprint density at radius 1 is 1.29 bits per heavy atom. The number of carbonyl (C=O) groups is 1. The fraction of sp³-hybridized carbons (Fsp3) is 0.529. The van der Waals surface area contributed by atoms with Crippen LogP contribution in [-0.4, -0.2) is 43.2 Å². The van der Waals surface area contributed by atoms with Crippen molar-refractivity contribution >= 4 is 21.8 Å². The summed E-state index contributed by atoms with van der Waals surface area (Å²) in [6.45, 7) is 3.61. The summed E-state index contributed by atoms with van der Waals surface area (Å²) < 4.78 is 33.0. The molecule has 7 heteroatoms. The first-order valence-corrected chi connectivity index (χ1v) is 9.75. The second kappa shape index (κ2) is 6.55. The van der Waals surface area contributed by atoms with Crippen LogP contribution in [0.25, 0.3) is 0 Å². The van der Waals surface area contributed by atoms with Gasteiger partial charge in [-0.2, -0.15) is 0 Å². The van der Waals surface area contributed by atoms with Crippen molar-refractivity contribution in [3.8, 4) is 0 Å². The summed E-state index contributed by atoms with van der Waals surface area (Å²) in [7, 11) is -3.85. The Morgan fingerprint density at radius 3 is 2.75 bits per heavy atom. The largest absolute Gasteiger partial charge is 0.462 e. The fourth-order valence-corrected chi connectivity index (χ4v) is 5.47. The third-order valence-electron chi connectivity index (χ3n) is 4.59. The van der Waals surface area contributed by atoms with E-state index in [-0.39, 0.29) is 29.1 Å². The number of benzene rings is 1. The molecule has 0 amide bonds. The normalized spacial score (nSPS) is 23.6. The van der Waals surface area contributed by atoms with E-state index in [2.05, 4.69) is 4.99 Å². The van der Waals surface area contributed by atoms with Crippen molar-refractivity contribution in [3.05, 3.63) is 29.8 Å². The van der Waals surface area contributed by atoms with E-state index in [0.717, 1.165) is 25.7 Å². The van der Waals surface area contributed by atoms with Crippen LogP contribution in [0.15, 0.2) is 34.2 Å². The molecule has 0 bridgehead atoms. The van der Waals surface area contributed by atoms with Gasteiger partial charge in [-0.3, -0.25) is 4.99 Å². The third kappa shape index (κ3) is 2.81. The molecule has 1 aliphatic heterocycles. The molecule has 1 aromatic carbocycles. The molecule has 2 atom stereocenters. The highest BCUT2D eigenvalue weighted by Gasteiger charge is 2.43. The predicted octanol–water partition coefficient (Wildman–Crippen LogP) is 2.60. The van der Waals surface area contributed by atoms with E-state index >= 15 is 0 Å². The standard InChI is InChI=1S/C17H22N2O4S/c1-3-23-17(20)13-8-4-7-11-16(13)24(21,22)19-12(2)18-14-9-5-6-10-15(14)19/h4,7-8,11,14-15H,3,5-6,9-10H2,1-2H3. The summed E-state index contributed by atoms with van der Waals surface area (Å²) >= 11 is 0. The number of hydrogen-bond acceptors (Lipinski definition) is 5. The lowest BCUT2D eigenvalue weighted by Gasteiger charge is -2.32. The van der Waals surface area contributed by atoms with Gasteiger partial charge in [0.05, 0.1) is 24.3 Å². The Hall–Kier alpha value is -1.89. The molecule has 2 unspecified atom stereocenters. The van der Waals surface area contributed by atoms with Gasteiger partial charge >= 0.3 is 5.97 Å². The van der Waals surface area contributed by atoms with Crippen LogP contribution in [0.2, 0.25) is 0 Å². The molecule has 3 rings (SSSR count). The summed E-state index contributed by atoms with van der Waals surface area (Å²) in [6, 6.07) is 6.11. The zero-order valence-corrected chi connectivity index (χ0v) is 14.8. The quantitative estimate of drug-likeness (QED) is 0.782. The van der Waals surface area contributed by atoms with Crippen LogP contribution in [0.3, 0.4) is 0 Å². The molecule has 1 aliphatic carbocycles. The van der Waals surface area contributed by atoms with E-state index < -0.39 is 16.0 Å². The van der Waals surface area contributed by atoms with Gasteiger partial charge in [-0.05, 0) is 38.8 Å². The summed E-state index contributed by atoms with van der Waals surface area (Å²) in [5.74, 6) is -0.115. The highest BCUT2D eigenvalue weighted by molar-refractivity contribution is 7.89. The second-order valence-electron chi connectivity index (χ2n) is 6.11. The van der Waals surface area contributed by atoms with Gasteiger partial charge in [0.25, 0.3) is 10.0 Å². The van der Waals surface area contributed by atoms with E-state index in [1.165, 1.54) is 16.4 Å². The Balaban J connectivity index is 2.03. The van der Waals surface area contributed by atoms with Gasteiger partial charge in [0, 0.05) is 0 Å². The monoisotopic (exact) mass is 350 g/mol. The van der Waals surface area contributed by atoms with Gasteiger partial charge in [0.15, 0.2) is 0 Å². The first kappa shape index (κ1) is 17.0. The van der Waals surface area contributed by atoms with Crippen molar-refractivity contribution in [1.29, 1.82) is 0 Å². The van der Waals surface area contributed by atoms with Crippen LogP contribution in [0.5, 0.6) is 0 Å². The predicted molar refractivity (Wildman–Crippen MR) is 90.6 cm³/mol. The number of esters is 1. The number of aliphatic imine (C=N–C) groups is 1. The van der Waals surface area contributed by atoms with Crippen LogP contribution >= 0.6 is 0 Å². The molecule has 2 aliphatic rings. The van der Waals surface area contributed by atoms with Crippen molar-refractivity contribution in [1.82, 2.24) is 4.31 Å². The summed E-state index contributed by atoms with van der Waals surface area (Å²) in [4.78, 5) is 16.7. The van der Waals surface area contributed by atoms with Crippen LogP contribution in [-0.2, 0) is 14.8 Å². The van der Waals surface area contributed by atoms with E-state index in [9.17, 15) is 13.2 Å². The van der Waals surface area contributed by atoms with Crippen molar-refractivity contribution in [2.24, 2.45) is 4.99 Å². The maximum Gasteiger partial charge on any atom is 0.339 e. The lowest BCUT2D eigenvalue weighted by Crippen LogP contribution is -2.44. The maximum absolute atomic E-state index is 13.3. The molecule has 1 saturated carbocycles. The SMILES string of the molecule is CCOC(=O)c1ccccc1S(=O)(=O)N1C(C)=NC2CCCCC21. The third-order valence-corrected chi connectivity index (χ3v) is 6.55. The molecule has 1 aromatic rings. The number of nitrogens with zero attached hydrogens (tertiary/aromatic N) is 2. The van der Waals surface area contributed by atoms with E-state index in [4.69, 9.17) is 4.74 Å². The Labute approximate surface area is 142 Å². The van der Waals surface area contributed by atoms with Gasteiger partial charge in [-0.1, -0.05) is 25.0 Å². The molecule has 0 aromatic heterocycles. The van der Waals surface area contributed by atoms with Crippen molar-refractivity contribution in [3.63, 3.8) is 0 Å². The molecule has 0 N–H and O–H groups in total. The second-order valence-corrected chi connectivity index (χ2v) is 7.90. The smallest absolute Gasteiger partial charge is 0.339 e. The number of fused-ring (bicyclic) bond motifs is 1. The minimum atomic E-state index is -3.85. The molecule has 0 saturated heterocycles. The Kier molecular flexibility index (Phi) is 4.62. The number of sulfonamides is 1. The summed E-state index contributed by atoms with van der Waals surface area (Å²) in [5, 5.41) is 0. The number of carbonyl (C=O) groups excluding carboxylic acids is 1. The lowest BCUT2D eigenvalue weighted by atomic mass is 9.92. The fourth-order valence-electron chi connectivity index (χ4n) is 3.58. The molecular formula is C17H22N2O4S. The van der Waals surface area contributed by atoms with E-state index in [1.54, 1.807) is 26.0 Å². The zero-order chi connectivity index (χ0) is 17.3. The minimum absolute atomic E-state index is 0.00998. The van der Waals surface area contributed by atoms with Crippen LogP contribution < -0.4 is 0 Å². The molecule has 0 spiro atoms. The highest BCUT2D eigenvalue weighted by Crippen LogP contribution is 2.35. The summed E-state index contributed by atoms with van der Waals surface area (Å²) in [6.07, 6.45) is 3.78. The van der Waals surface area contributed by atoms with Gasteiger partial charge in [-0.25, -0.2) is 17.5 Å². The molecule has 130 valence electrons. The first-order chi connectivity index (χ1) is 11.5. The topological polar surface area (TPSA) is 76.0 Å². The number of ether oxygens (including phenoxy) is 1. The Bertz CT molecular complexity index is 773. The van der Waals surface area contributed by atoms with Crippen LogP contribution in [0.1, 0.15) is 49.9 Å². The van der Waals surface area contributed by atoms with Crippen molar-refractivity contribution < 1.29 is 17.9 Å². The highest BCUT2D eigenvalue weighted by atomic mass is 32.2. The molecule has 1 heterocycles. The van der Waals surface area contributed by atoms with Gasteiger partial charge in [-0.15, -0.1) is 0 Å².